The molecule has 0 aliphatic heterocycles. The van der Waals surface area contributed by atoms with Crippen molar-refractivity contribution in [2.75, 3.05) is 13.7 Å². The molecule has 0 aliphatic carbocycles. The molecule has 1 N–H and O–H groups in total. The summed E-state index contributed by atoms with van der Waals surface area (Å²) in [5.74, 6) is 1.08. The highest BCUT2D eigenvalue weighted by atomic mass is 79.9. The highest BCUT2D eigenvalue weighted by Crippen LogP contribution is 2.20. The number of benzene rings is 2. The summed E-state index contributed by atoms with van der Waals surface area (Å²) in [4.78, 5) is 12.1. The van der Waals surface area contributed by atoms with Crippen LogP contribution in [0.2, 0.25) is 0 Å². The maximum absolute atomic E-state index is 12.1. The topological polar surface area (TPSA) is 59.9 Å². The van der Waals surface area contributed by atoms with Gasteiger partial charge in [-0.15, -0.1) is 0 Å². The number of nitrogens with zero attached hydrogens (tertiary/aromatic N) is 1. The predicted molar refractivity (Wildman–Crippen MR) is 97.9 cm³/mol. The first-order valence-electron chi connectivity index (χ1n) is 7.14. The number of halogens is 1. The number of nitrogens with one attached hydrogen (secondary N) is 1. The molecule has 2 aromatic rings. The third-order valence-electron chi connectivity index (χ3n) is 3.06. The lowest BCUT2D eigenvalue weighted by Crippen LogP contribution is -2.17. The molecule has 0 aliphatic rings. The van der Waals surface area contributed by atoms with Gasteiger partial charge in [0.1, 0.15) is 18.1 Å². The third kappa shape index (κ3) is 4.96. The van der Waals surface area contributed by atoms with E-state index in [1.165, 1.54) is 0 Å². The number of carbonyl (C=O) groups is 1. The molecule has 0 aromatic heterocycles. The van der Waals surface area contributed by atoms with E-state index in [4.69, 9.17) is 9.47 Å². The summed E-state index contributed by atoms with van der Waals surface area (Å²) in [6.07, 6.45) is 3.21. The Bertz CT molecular complexity index is 742. The molecule has 0 saturated heterocycles. The summed E-state index contributed by atoms with van der Waals surface area (Å²) in [5, 5.41) is 3.97. The van der Waals surface area contributed by atoms with Gasteiger partial charge < -0.3 is 9.47 Å². The fourth-order valence-electron chi connectivity index (χ4n) is 1.83. The molecule has 2 aromatic carbocycles. The SMILES string of the molecule is C=CCOc1ccc(C(=O)NN=Cc2cc(OC)ccc2Br)cc1. The number of hydrogen-bond acceptors (Lipinski definition) is 4. The molecular formula is C18H17BrN2O3. The first-order valence-corrected chi connectivity index (χ1v) is 7.94. The van der Waals surface area contributed by atoms with Gasteiger partial charge in [0.25, 0.3) is 5.91 Å². The Morgan fingerprint density at radius 2 is 1.96 bits per heavy atom. The van der Waals surface area contributed by atoms with Crippen LogP contribution in [-0.4, -0.2) is 25.8 Å². The average molecular weight is 389 g/mol. The number of ether oxygens (including phenoxy) is 2. The van der Waals surface area contributed by atoms with E-state index in [0.717, 1.165) is 10.0 Å². The number of hydrazone groups is 1. The molecule has 0 unspecified atom stereocenters. The molecule has 0 spiro atoms. The lowest BCUT2D eigenvalue weighted by Gasteiger charge is -2.05. The van der Waals surface area contributed by atoms with Crippen LogP contribution in [0.1, 0.15) is 15.9 Å². The molecule has 2 rings (SSSR count). The number of amides is 1. The molecule has 0 heterocycles. The monoisotopic (exact) mass is 388 g/mol. The van der Waals surface area contributed by atoms with Crippen molar-refractivity contribution in [2.45, 2.75) is 0 Å². The quantitative estimate of drug-likeness (QED) is 0.445. The number of methoxy groups -OCH3 is 1. The maximum atomic E-state index is 12.1. The van der Waals surface area contributed by atoms with E-state index >= 15 is 0 Å². The van der Waals surface area contributed by atoms with Crippen LogP contribution in [0.4, 0.5) is 0 Å². The fourth-order valence-corrected chi connectivity index (χ4v) is 2.18. The Labute approximate surface area is 149 Å². The zero-order valence-electron chi connectivity index (χ0n) is 13.2. The lowest BCUT2D eigenvalue weighted by molar-refractivity contribution is 0.0955. The summed E-state index contributed by atoms with van der Waals surface area (Å²) < 4.78 is 11.4. The van der Waals surface area contributed by atoms with Crippen molar-refractivity contribution in [2.24, 2.45) is 5.10 Å². The summed E-state index contributed by atoms with van der Waals surface area (Å²) >= 11 is 3.42. The van der Waals surface area contributed by atoms with E-state index in [9.17, 15) is 4.79 Å². The number of carbonyl (C=O) groups excluding carboxylic acids is 1. The van der Waals surface area contributed by atoms with E-state index in [0.29, 0.717) is 23.7 Å². The molecule has 6 heteroatoms. The van der Waals surface area contributed by atoms with Crippen molar-refractivity contribution in [3.63, 3.8) is 0 Å². The first-order chi connectivity index (χ1) is 11.6. The summed E-state index contributed by atoms with van der Waals surface area (Å²) in [5.41, 5.74) is 3.77. The number of rotatable bonds is 7. The van der Waals surface area contributed by atoms with Crippen molar-refractivity contribution in [3.8, 4) is 11.5 Å². The van der Waals surface area contributed by atoms with E-state index in [-0.39, 0.29) is 5.91 Å². The van der Waals surface area contributed by atoms with Gasteiger partial charge in [0, 0.05) is 15.6 Å². The van der Waals surface area contributed by atoms with Gasteiger partial charge in [0.2, 0.25) is 0 Å². The minimum Gasteiger partial charge on any atom is -0.497 e. The Morgan fingerprint density at radius 1 is 1.25 bits per heavy atom. The standard InChI is InChI=1S/C18H17BrN2O3/c1-3-10-24-15-6-4-13(5-7-15)18(22)21-20-12-14-11-16(23-2)8-9-17(14)19/h3-9,11-12H,1,10H2,2H3,(H,21,22). The normalized spacial score (nSPS) is 10.4. The van der Waals surface area contributed by atoms with Crippen LogP contribution in [0.15, 0.2) is 64.7 Å². The van der Waals surface area contributed by atoms with Crippen LogP contribution in [0.3, 0.4) is 0 Å². The second kappa shape index (κ2) is 8.88. The molecule has 5 nitrogen and oxygen atoms in total. The van der Waals surface area contributed by atoms with Crippen molar-refractivity contribution in [1.82, 2.24) is 5.43 Å². The molecule has 0 radical (unpaired) electrons. The van der Waals surface area contributed by atoms with Crippen LogP contribution < -0.4 is 14.9 Å². The van der Waals surface area contributed by atoms with Gasteiger partial charge in [-0.2, -0.15) is 5.10 Å². The molecule has 1 amide bonds. The van der Waals surface area contributed by atoms with Crippen LogP contribution in [0.5, 0.6) is 11.5 Å². The Morgan fingerprint density at radius 3 is 2.62 bits per heavy atom. The molecule has 124 valence electrons. The Hall–Kier alpha value is -2.60. The smallest absolute Gasteiger partial charge is 0.271 e. The van der Waals surface area contributed by atoms with Gasteiger partial charge in [0.15, 0.2) is 0 Å². The first kappa shape index (κ1) is 17.7. The number of hydrogen-bond donors (Lipinski definition) is 1. The largest absolute Gasteiger partial charge is 0.497 e. The average Bonchev–Trinajstić information content (AvgIpc) is 2.61. The maximum Gasteiger partial charge on any atom is 0.271 e. The van der Waals surface area contributed by atoms with Crippen LogP contribution in [-0.2, 0) is 0 Å². The second-order valence-electron chi connectivity index (χ2n) is 4.71. The van der Waals surface area contributed by atoms with Crippen molar-refractivity contribution < 1.29 is 14.3 Å². The Balaban J connectivity index is 1.98. The van der Waals surface area contributed by atoms with E-state index in [1.807, 2.05) is 18.2 Å². The van der Waals surface area contributed by atoms with E-state index in [1.54, 1.807) is 43.7 Å². The molecule has 0 bridgehead atoms. The van der Waals surface area contributed by atoms with E-state index in [2.05, 4.69) is 33.0 Å². The molecule has 24 heavy (non-hydrogen) atoms. The Kier molecular flexibility index (Phi) is 6.57. The summed E-state index contributed by atoms with van der Waals surface area (Å²) in [6.45, 7) is 4.00. The fraction of sp³-hybridized carbons (Fsp3) is 0.111. The molecule has 0 atom stereocenters. The molecule has 0 saturated carbocycles. The minimum absolute atomic E-state index is 0.305. The molecule has 0 fully saturated rings. The lowest BCUT2D eigenvalue weighted by atomic mass is 10.2. The van der Waals surface area contributed by atoms with Gasteiger partial charge in [-0.25, -0.2) is 5.43 Å². The van der Waals surface area contributed by atoms with Crippen LogP contribution >= 0.6 is 15.9 Å². The van der Waals surface area contributed by atoms with E-state index < -0.39 is 0 Å². The molecular weight excluding hydrogens is 372 g/mol. The third-order valence-corrected chi connectivity index (χ3v) is 3.78. The highest BCUT2D eigenvalue weighted by molar-refractivity contribution is 9.10. The zero-order chi connectivity index (χ0) is 17.4. The van der Waals surface area contributed by atoms with Gasteiger partial charge in [0.05, 0.1) is 13.3 Å². The van der Waals surface area contributed by atoms with Crippen LogP contribution in [0.25, 0.3) is 0 Å². The summed E-state index contributed by atoms with van der Waals surface area (Å²) in [6, 6.07) is 12.3. The predicted octanol–water partition coefficient (Wildman–Crippen LogP) is 3.79. The van der Waals surface area contributed by atoms with Gasteiger partial charge in [-0.1, -0.05) is 28.6 Å². The van der Waals surface area contributed by atoms with Gasteiger partial charge in [-0.3, -0.25) is 4.79 Å². The van der Waals surface area contributed by atoms with Crippen molar-refractivity contribution in [1.29, 1.82) is 0 Å². The highest BCUT2D eigenvalue weighted by Gasteiger charge is 2.05. The summed E-state index contributed by atoms with van der Waals surface area (Å²) in [7, 11) is 1.59. The van der Waals surface area contributed by atoms with Crippen molar-refractivity contribution in [3.05, 3.63) is 70.7 Å². The van der Waals surface area contributed by atoms with Crippen LogP contribution in [0, 0.1) is 0 Å². The van der Waals surface area contributed by atoms with Gasteiger partial charge >= 0.3 is 0 Å². The van der Waals surface area contributed by atoms with Crippen molar-refractivity contribution >= 4 is 28.1 Å². The zero-order valence-corrected chi connectivity index (χ0v) is 14.7. The minimum atomic E-state index is -0.305. The second-order valence-corrected chi connectivity index (χ2v) is 5.56. The van der Waals surface area contributed by atoms with Gasteiger partial charge in [-0.05, 0) is 42.5 Å².